The molecule has 0 saturated heterocycles. The second-order valence-electron chi connectivity index (χ2n) is 8.70. The van der Waals surface area contributed by atoms with Crippen molar-refractivity contribution in [3.8, 4) is 0 Å². The van der Waals surface area contributed by atoms with Gasteiger partial charge in [-0.25, -0.2) is 14.6 Å². The van der Waals surface area contributed by atoms with Gasteiger partial charge in [-0.05, 0) is 63.2 Å². The second-order valence-corrected chi connectivity index (χ2v) is 9.56. The van der Waals surface area contributed by atoms with E-state index >= 15 is 0 Å². The maximum Gasteiger partial charge on any atom is 0.137 e. The van der Waals surface area contributed by atoms with Crippen LogP contribution >= 0.6 is 11.3 Å². The van der Waals surface area contributed by atoms with Crippen molar-refractivity contribution in [2.75, 3.05) is 6.54 Å². The van der Waals surface area contributed by atoms with E-state index in [1.165, 1.54) is 49.2 Å². The first kappa shape index (κ1) is 15.9. The summed E-state index contributed by atoms with van der Waals surface area (Å²) in [7, 11) is 0. The van der Waals surface area contributed by atoms with Gasteiger partial charge in [-0.15, -0.1) is 11.3 Å². The van der Waals surface area contributed by atoms with E-state index in [9.17, 15) is 0 Å². The molecule has 1 atom stereocenters. The van der Waals surface area contributed by atoms with Gasteiger partial charge in [0.1, 0.15) is 12.7 Å². The van der Waals surface area contributed by atoms with Crippen LogP contribution in [0.1, 0.15) is 62.2 Å². The SMILES string of the molecule is C[C@H](CNCc1csc(C23CC4CC(CC(C4)C2)C3)n1)n1cncn1. The van der Waals surface area contributed by atoms with Crippen molar-refractivity contribution in [1.82, 2.24) is 25.1 Å². The van der Waals surface area contributed by atoms with Crippen LogP contribution in [0, 0.1) is 17.8 Å². The third-order valence-electron chi connectivity index (χ3n) is 6.68. The molecule has 6 heteroatoms. The van der Waals surface area contributed by atoms with E-state index in [1.807, 2.05) is 16.0 Å². The van der Waals surface area contributed by atoms with Crippen molar-refractivity contribution in [1.29, 1.82) is 0 Å². The summed E-state index contributed by atoms with van der Waals surface area (Å²) in [5, 5.41) is 11.5. The molecule has 0 radical (unpaired) electrons. The first-order valence-electron chi connectivity index (χ1n) is 9.70. The quantitative estimate of drug-likeness (QED) is 0.859. The minimum absolute atomic E-state index is 0.309. The van der Waals surface area contributed by atoms with E-state index in [4.69, 9.17) is 4.98 Å². The van der Waals surface area contributed by atoms with Crippen LogP contribution in [0.2, 0.25) is 0 Å². The molecule has 5 nitrogen and oxygen atoms in total. The summed E-state index contributed by atoms with van der Waals surface area (Å²) < 4.78 is 1.90. The molecule has 4 fully saturated rings. The monoisotopic (exact) mass is 357 g/mol. The van der Waals surface area contributed by atoms with Crippen molar-refractivity contribution < 1.29 is 0 Å². The fourth-order valence-electron chi connectivity index (χ4n) is 5.95. The predicted octanol–water partition coefficient (Wildman–Crippen LogP) is 3.55. The van der Waals surface area contributed by atoms with Crippen LogP contribution in [0.5, 0.6) is 0 Å². The number of thiazole rings is 1. The van der Waals surface area contributed by atoms with Gasteiger partial charge < -0.3 is 5.32 Å². The van der Waals surface area contributed by atoms with Crippen LogP contribution in [-0.4, -0.2) is 26.3 Å². The molecule has 134 valence electrons. The highest BCUT2D eigenvalue weighted by Crippen LogP contribution is 2.61. The zero-order chi connectivity index (χ0) is 16.9. The van der Waals surface area contributed by atoms with Crippen LogP contribution < -0.4 is 5.32 Å². The Bertz CT molecular complexity index is 687. The van der Waals surface area contributed by atoms with E-state index in [2.05, 4.69) is 27.7 Å². The van der Waals surface area contributed by atoms with Crippen molar-refractivity contribution in [3.63, 3.8) is 0 Å². The Morgan fingerprint density at radius 3 is 2.60 bits per heavy atom. The standard InChI is InChI=1S/C19H27N5S/c1-13(24-12-21-11-22-24)8-20-9-17-10-25-18(23-17)19-5-14-2-15(6-19)4-16(3-14)7-19/h10-16,20H,2-9H2,1H3/t13-,14?,15?,16?,19?/m1/s1. The minimum Gasteiger partial charge on any atom is -0.309 e. The molecule has 0 spiro atoms. The van der Waals surface area contributed by atoms with Crippen LogP contribution in [0.4, 0.5) is 0 Å². The molecule has 4 aliphatic rings. The number of nitrogens with zero attached hydrogens (tertiary/aromatic N) is 4. The zero-order valence-corrected chi connectivity index (χ0v) is 15.7. The Balaban J connectivity index is 1.22. The van der Waals surface area contributed by atoms with E-state index < -0.39 is 0 Å². The molecule has 1 N–H and O–H groups in total. The average molecular weight is 358 g/mol. The van der Waals surface area contributed by atoms with Gasteiger partial charge in [0, 0.05) is 23.9 Å². The summed E-state index contributed by atoms with van der Waals surface area (Å²) >= 11 is 1.92. The summed E-state index contributed by atoms with van der Waals surface area (Å²) in [5.74, 6) is 2.96. The lowest BCUT2D eigenvalue weighted by molar-refractivity contribution is -0.00534. The molecule has 4 aliphatic carbocycles. The molecule has 4 bridgehead atoms. The molecule has 4 saturated carbocycles. The summed E-state index contributed by atoms with van der Waals surface area (Å²) in [6.45, 7) is 3.89. The average Bonchev–Trinajstić information content (AvgIpc) is 3.26. The van der Waals surface area contributed by atoms with Gasteiger partial charge >= 0.3 is 0 Å². The molecule has 2 aromatic rings. The van der Waals surface area contributed by atoms with Gasteiger partial charge in [0.15, 0.2) is 0 Å². The summed E-state index contributed by atoms with van der Waals surface area (Å²) in [6, 6.07) is 0.309. The Morgan fingerprint density at radius 1 is 1.24 bits per heavy atom. The van der Waals surface area contributed by atoms with Crippen molar-refractivity contribution in [3.05, 3.63) is 28.7 Å². The number of rotatable bonds is 6. The number of nitrogens with one attached hydrogen (secondary N) is 1. The highest BCUT2D eigenvalue weighted by atomic mass is 32.1. The highest BCUT2D eigenvalue weighted by Gasteiger charge is 2.52. The third kappa shape index (κ3) is 2.93. The van der Waals surface area contributed by atoms with Crippen LogP contribution in [-0.2, 0) is 12.0 Å². The first-order valence-corrected chi connectivity index (χ1v) is 10.6. The van der Waals surface area contributed by atoms with E-state index in [1.54, 1.807) is 12.7 Å². The lowest BCUT2D eigenvalue weighted by Gasteiger charge is -2.56. The first-order chi connectivity index (χ1) is 12.2. The van der Waals surface area contributed by atoms with Gasteiger partial charge in [-0.3, -0.25) is 0 Å². The molecule has 2 heterocycles. The summed E-state index contributed by atoms with van der Waals surface area (Å²) in [6.07, 6.45) is 12.1. The molecule has 0 amide bonds. The number of aromatic nitrogens is 4. The Hall–Kier alpha value is -1.27. The lowest BCUT2D eigenvalue weighted by Crippen LogP contribution is -2.48. The van der Waals surface area contributed by atoms with E-state index in [0.717, 1.165) is 30.8 Å². The van der Waals surface area contributed by atoms with Gasteiger partial charge in [-0.2, -0.15) is 5.10 Å². The smallest absolute Gasteiger partial charge is 0.137 e. The molecule has 0 unspecified atom stereocenters. The normalized spacial score (nSPS) is 34.5. The van der Waals surface area contributed by atoms with E-state index in [-0.39, 0.29) is 0 Å². The zero-order valence-electron chi connectivity index (χ0n) is 14.9. The maximum absolute atomic E-state index is 5.08. The Labute approximate surface area is 153 Å². The molecule has 25 heavy (non-hydrogen) atoms. The maximum atomic E-state index is 5.08. The molecule has 6 rings (SSSR count). The molecular formula is C19H27N5S. The Morgan fingerprint density at radius 2 is 1.96 bits per heavy atom. The number of hydrogen-bond donors (Lipinski definition) is 1. The predicted molar refractivity (Wildman–Crippen MR) is 98.4 cm³/mol. The molecule has 2 aromatic heterocycles. The third-order valence-corrected chi connectivity index (χ3v) is 7.82. The summed E-state index contributed by atoms with van der Waals surface area (Å²) in [4.78, 5) is 9.10. The molecular weight excluding hydrogens is 330 g/mol. The van der Waals surface area contributed by atoms with Gasteiger partial charge in [0.2, 0.25) is 0 Å². The van der Waals surface area contributed by atoms with Crippen LogP contribution in [0.25, 0.3) is 0 Å². The summed E-state index contributed by atoms with van der Waals surface area (Å²) in [5.41, 5.74) is 1.65. The van der Waals surface area contributed by atoms with Crippen molar-refractivity contribution >= 4 is 11.3 Å². The largest absolute Gasteiger partial charge is 0.309 e. The van der Waals surface area contributed by atoms with Crippen LogP contribution in [0.3, 0.4) is 0 Å². The lowest BCUT2D eigenvalue weighted by atomic mass is 9.50. The fraction of sp³-hybridized carbons (Fsp3) is 0.737. The van der Waals surface area contributed by atoms with Gasteiger partial charge in [0.05, 0.1) is 16.7 Å². The minimum atomic E-state index is 0.309. The van der Waals surface area contributed by atoms with E-state index in [0.29, 0.717) is 11.5 Å². The number of hydrogen-bond acceptors (Lipinski definition) is 5. The van der Waals surface area contributed by atoms with Crippen LogP contribution in [0.15, 0.2) is 18.0 Å². The second kappa shape index (κ2) is 6.16. The van der Waals surface area contributed by atoms with Gasteiger partial charge in [-0.1, -0.05) is 0 Å². The topological polar surface area (TPSA) is 55.6 Å². The Kier molecular flexibility index (Phi) is 3.93. The highest BCUT2D eigenvalue weighted by molar-refractivity contribution is 7.09. The van der Waals surface area contributed by atoms with Gasteiger partial charge in [0.25, 0.3) is 0 Å². The van der Waals surface area contributed by atoms with Crippen molar-refractivity contribution in [2.24, 2.45) is 17.8 Å². The fourth-order valence-corrected chi connectivity index (χ4v) is 7.01. The molecule has 0 aliphatic heterocycles. The van der Waals surface area contributed by atoms with Crippen molar-refractivity contribution in [2.45, 2.75) is 63.5 Å². The molecule has 0 aromatic carbocycles.